The summed E-state index contributed by atoms with van der Waals surface area (Å²) in [5.74, 6) is 0.286. The molecule has 2 unspecified atom stereocenters. The van der Waals surface area contributed by atoms with E-state index in [0.717, 1.165) is 0 Å². The van der Waals surface area contributed by atoms with Crippen LogP contribution >= 0.6 is 0 Å². The van der Waals surface area contributed by atoms with Crippen molar-refractivity contribution in [3.8, 4) is 39.1 Å². The first-order chi connectivity index (χ1) is 26.8. The Morgan fingerprint density at radius 2 is 0.963 bits per heavy atom. The Balaban J connectivity index is 0.949. The molecule has 11 rings (SSSR count). The van der Waals surface area contributed by atoms with Crippen molar-refractivity contribution in [2.75, 3.05) is 4.90 Å². The molecule has 2 atom stereocenters. The Bertz CT molecular complexity index is 2930. The van der Waals surface area contributed by atoms with E-state index in [0.29, 0.717) is 0 Å². The molecule has 9 aromatic rings. The van der Waals surface area contributed by atoms with Crippen LogP contribution in [0.1, 0.15) is 11.5 Å². The van der Waals surface area contributed by atoms with Crippen LogP contribution in [0.3, 0.4) is 0 Å². The number of nitrogens with zero attached hydrogens (tertiary/aromatic N) is 2. The third-order valence-electron chi connectivity index (χ3n) is 11.5. The van der Waals surface area contributed by atoms with Crippen molar-refractivity contribution >= 4 is 44.0 Å². The lowest BCUT2D eigenvalue weighted by molar-refractivity contribution is 0.745. The zero-order chi connectivity index (χ0) is 35.6. The molecule has 1 aliphatic carbocycles. The molecule has 2 nitrogen and oxygen atoms in total. The minimum absolute atomic E-state index is 0.235. The molecular weight excluding hydrogens is 653 g/mol. The maximum absolute atomic E-state index is 2.52. The van der Waals surface area contributed by atoms with Gasteiger partial charge < -0.3 is 9.47 Å². The van der Waals surface area contributed by atoms with E-state index in [1.165, 1.54) is 88.6 Å². The molecule has 0 saturated carbocycles. The predicted octanol–water partition coefficient (Wildman–Crippen LogP) is 13.7. The summed E-state index contributed by atoms with van der Waals surface area (Å²) in [5, 5.41) is 5.05. The fourth-order valence-electron chi connectivity index (χ4n) is 8.87. The molecule has 1 aromatic heterocycles. The van der Waals surface area contributed by atoms with Gasteiger partial charge >= 0.3 is 0 Å². The zero-order valence-corrected chi connectivity index (χ0v) is 29.7. The van der Waals surface area contributed by atoms with E-state index in [9.17, 15) is 0 Å². The van der Waals surface area contributed by atoms with E-state index in [2.05, 4.69) is 216 Å². The first-order valence-electron chi connectivity index (χ1n) is 18.8. The summed E-state index contributed by atoms with van der Waals surface area (Å²) >= 11 is 0. The average Bonchev–Trinajstić information content (AvgIpc) is 3.76. The van der Waals surface area contributed by atoms with Crippen LogP contribution in [0.2, 0.25) is 0 Å². The first kappa shape index (κ1) is 30.7. The van der Waals surface area contributed by atoms with Crippen LogP contribution in [0, 0.1) is 0 Å². The van der Waals surface area contributed by atoms with E-state index in [1.54, 1.807) is 0 Å². The summed E-state index contributed by atoms with van der Waals surface area (Å²) < 4.78 is 2.41. The second kappa shape index (κ2) is 12.4. The van der Waals surface area contributed by atoms with E-state index in [-0.39, 0.29) is 12.0 Å². The SMILES string of the molecule is C1=CC2c3cc(-c4ccc5c(c4)c4ccccc4n5-c4ccc5ccccc5c4)ccc3N(c3ccc(-c4ccc(-c5ccccc5)cc4)cc3)C2C=C1. The molecule has 0 radical (unpaired) electrons. The molecule has 2 heterocycles. The largest absolute Gasteiger partial charge is 0.333 e. The fraction of sp³-hybridized carbons (Fsp3) is 0.0385. The third-order valence-corrected chi connectivity index (χ3v) is 11.5. The molecule has 54 heavy (non-hydrogen) atoms. The average molecular weight is 689 g/mol. The van der Waals surface area contributed by atoms with Crippen LogP contribution in [0.5, 0.6) is 0 Å². The fourth-order valence-corrected chi connectivity index (χ4v) is 8.87. The number of fused-ring (bicyclic) bond motifs is 7. The highest BCUT2D eigenvalue weighted by Crippen LogP contribution is 2.49. The lowest BCUT2D eigenvalue weighted by Gasteiger charge is -2.28. The van der Waals surface area contributed by atoms with Gasteiger partial charge in [0.1, 0.15) is 0 Å². The summed E-state index contributed by atoms with van der Waals surface area (Å²) in [4.78, 5) is 2.52. The number of hydrogen-bond donors (Lipinski definition) is 0. The monoisotopic (exact) mass is 688 g/mol. The Morgan fingerprint density at radius 3 is 1.78 bits per heavy atom. The summed E-state index contributed by atoms with van der Waals surface area (Å²) in [7, 11) is 0. The van der Waals surface area contributed by atoms with Crippen molar-refractivity contribution in [1.82, 2.24) is 4.57 Å². The number of anilines is 2. The summed E-state index contributed by atoms with van der Waals surface area (Å²) in [6, 6.07) is 67.0. The number of rotatable bonds is 5. The van der Waals surface area contributed by atoms with Crippen molar-refractivity contribution in [2.45, 2.75) is 12.0 Å². The lowest BCUT2D eigenvalue weighted by Crippen LogP contribution is -2.28. The van der Waals surface area contributed by atoms with Gasteiger partial charge in [-0.05, 0) is 104 Å². The van der Waals surface area contributed by atoms with Gasteiger partial charge in [-0.15, -0.1) is 0 Å². The lowest BCUT2D eigenvalue weighted by atomic mass is 9.89. The van der Waals surface area contributed by atoms with E-state index >= 15 is 0 Å². The second-order valence-electron chi connectivity index (χ2n) is 14.5. The number of hydrogen-bond acceptors (Lipinski definition) is 1. The summed E-state index contributed by atoms with van der Waals surface area (Å²) in [6.45, 7) is 0. The van der Waals surface area contributed by atoms with Crippen molar-refractivity contribution < 1.29 is 0 Å². The molecule has 1 aliphatic heterocycles. The highest BCUT2D eigenvalue weighted by molar-refractivity contribution is 6.10. The van der Waals surface area contributed by atoms with Crippen molar-refractivity contribution in [1.29, 1.82) is 0 Å². The van der Waals surface area contributed by atoms with Crippen LogP contribution in [0.15, 0.2) is 206 Å². The molecule has 8 aromatic carbocycles. The normalized spacial score (nSPS) is 16.0. The number of aromatic nitrogens is 1. The van der Waals surface area contributed by atoms with Crippen LogP contribution in [-0.2, 0) is 0 Å². The van der Waals surface area contributed by atoms with Gasteiger partial charge in [-0.2, -0.15) is 0 Å². The summed E-state index contributed by atoms with van der Waals surface area (Å²) in [5.41, 5.74) is 14.9. The Hall–Kier alpha value is -6.90. The molecule has 0 fully saturated rings. The second-order valence-corrected chi connectivity index (χ2v) is 14.5. The van der Waals surface area contributed by atoms with E-state index in [1.807, 2.05) is 0 Å². The molecule has 0 N–H and O–H groups in total. The van der Waals surface area contributed by atoms with Crippen molar-refractivity contribution in [2.24, 2.45) is 0 Å². The standard InChI is InChI=1S/C52H36N2/c1-2-10-35(11-3-1)37-18-20-38(21-19-37)39-22-27-43(28-23-39)53-49-16-8-6-14-45(49)47-33-41(25-30-51(47)53)42-26-31-52-48(34-42)46-15-7-9-17-50(46)54(52)44-29-24-36-12-4-5-13-40(36)32-44/h1-34,45,49H. The minimum atomic E-state index is 0.235. The van der Waals surface area contributed by atoms with Gasteiger partial charge in [-0.3, -0.25) is 0 Å². The molecule has 0 saturated heterocycles. The number of para-hydroxylation sites is 1. The molecule has 2 heteroatoms. The number of benzene rings is 8. The van der Waals surface area contributed by atoms with Gasteiger partial charge in [0.15, 0.2) is 0 Å². The zero-order valence-electron chi connectivity index (χ0n) is 29.7. The smallest absolute Gasteiger partial charge is 0.0629 e. The van der Waals surface area contributed by atoms with Gasteiger partial charge in [-0.25, -0.2) is 0 Å². The third kappa shape index (κ3) is 4.95. The van der Waals surface area contributed by atoms with Crippen molar-refractivity contribution in [3.63, 3.8) is 0 Å². The van der Waals surface area contributed by atoms with Gasteiger partial charge in [0.05, 0.1) is 17.1 Å². The Kier molecular flexibility index (Phi) is 7.03. The Labute approximate surface area is 315 Å². The summed E-state index contributed by atoms with van der Waals surface area (Å²) in [6.07, 6.45) is 9.13. The van der Waals surface area contributed by atoms with Crippen LogP contribution in [-0.4, -0.2) is 10.6 Å². The van der Waals surface area contributed by atoms with Crippen LogP contribution in [0.4, 0.5) is 11.4 Å². The Morgan fingerprint density at radius 1 is 0.370 bits per heavy atom. The van der Waals surface area contributed by atoms with Crippen LogP contribution < -0.4 is 4.90 Å². The highest BCUT2D eigenvalue weighted by atomic mass is 15.2. The van der Waals surface area contributed by atoms with Gasteiger partial charge in [-0.1, -0.05) is 152 Å². The molecule has 0 amide bonds. The molecule has 254 valence electrons. The molecule has 2 aliphatic rings. The quantitative estimate of drug-likeness (QED) is 0.175. The maximum atomic E-state index is 2.52. The van der Waals surface area contributed by atoms with Gasteiger partial charge in [0, 0.05) is 33.8 Å². The van der Waals surface area contributed by atoms with E-state index in [4.69, 9.17) is 0 Å². The van der Waals surface area contributed by atoms with Crippen LogP contribution in [0.25, 0.3) is 71.6 Å². The first-order valence-corrected chi connectivity index (χ1v) is 18.8. The molecule has 0 spiro atoms. The van der Waals surface area contributed by atoms with Crippen molar-refractivity contribution in [3.05, 3.63) is 212 Å². The molecule has 0 bridgehead atoms. The topological polar surface area (TPSA) is 8.17 Å². The van der Waals surface area contributed by atoms with Gasteiger partial charge in [0.25, 0.3) is 0 Å². The number of allylic oxidation sites excluding steroid dienone is 2. The van der Waals surface area contributed by atoms with Gasteiger partial charge in [0.2, 0.25) is 0 Å². The maximum Gasteiger partial charge on any atom is 0.0629 e. The molecular formula is C52H36N2. The predicted molar refractivity (Wildman–Crippen MR) is 228 cm³/mol. The van der Waals surface area contributed by atoms with E-state index < -0.39 is 0 Å². The minimum Gasteiger partial charge on any atom is -0.333 e. The highest BCUT2D eigenvalue weighted by Gasteiger charge is 2.37.